The molecule has 0 aromatic carbocycles. The van der Waals surface area contributed by atoms with Gasteiger partial charge in [-0.25, -0.2) is 5.10 Å². The van der Waals surface area contributed by atoms with E-state index < -0.39 is 0 Å². The van der Waals surface area contributed by atoms with Gasteiger partial charge in [0.05, 0.1) is 5.57 Å². The summed E-state index contributed by atoms with van der Waals surface area (Å²) in [6.07, 6.45) is 1.80. The van der Waals surface area contributed by atoms with E-state index in [2.05, 4.69) is 10.2 Å². The summed E-state index contributed by atoms with van der Waals surface area (Å²) in [5.74, 6) is 0.391. The van der Waals surface area contributed by atoms with Crippen LogP contribution in [0.3, 0.4) is 0 Å². The molecule has 0 saturated carbocycles. The summed E-state index contributed by atoms with van der Waals surface area (Å²) in [6, 6.07) is 0. The molecular formula is C6H4N2O2S2. The van der Waals surface area contributed by atoms with Crippen molar-refractivity contribution in [2.75, 3.05) is 6.61 Å². The van der Waals surface area contributed by atoms with Crippen molar-refractivity contribution in [2.45, 2.75) is 0 Å². The van der Waals surface area contributed by atoms with Gasteiger partial charge in [-0.1, -0.05) is 0 Å². The second-order valence-corrected chi connectivity index (χ2v) is 2.88. The second-order valence-electron chi connectivity index (χ2n) is 2.13. The van der Waals surface area contributed by atoms with Gasteiger partial charge in [0.25, 0.3) is 10.7 Å². The second kappa shape index (κ2) is 2.80. The molecule has 1 aromatic rings. The highest BCUT2D eigenvalue weighted by molar-refractivity contribution is 7.81. The van der Waals surface area contributed by atoms with E-state index >= 15 is 0 Å². The molecule has 1 aliphatic rings. The topological polar surface area (TPSA) is 51.0 Å². The van der Waals surface area contributed by atoms with Gasteiger partial charge in [-0.3, -0.25) is 0 Å². The predicted octanol–water partition coefficient (Wildman–Crippen LogP) is 1.47. The van der Waals surface area contributed by atoms with Crippen LogP contribution in [0.1, 0.15) is 5.89 Å². The first-order valence-corrected chi connectivity index (χ1v) is 4.02. The number of hydrogen-bond acceptors (Lipinski definition) is 5. The molecule has 0 unspecified atom stereocenters. The number of nitrogens with zero attached hydrogens (tertiary/aromatic N) is 1. The molecule has 4 nitrogen and oxygen atoms in total. The van der Waals surface area contributed by atoms with Gasteiger partial charge in [0.2, 0.25) is 0 Å². The normalized spacial score (nSPS) is 16.0. The predicted molar refractivity (Wildman–Crippen MR) is 48.2 cm³/mol. The zero-order chi connectivity index (χ0) is 8.55. The molecule has 1 aromatic heterocycles. The summed E-state index contributed by atoms with van der Waals surface area (Å²) in [4.78, 5) is 0.237. The van der Waals surface area contributed by atoms with Crippen LogP contribution in [0.5, 0.6) is 0 Å². The van der Waals surface area contributed by atoms with Crippen LogP contribution in [-0.4, -0.2) is 21.9 Å². The number of aromatic nitrogens is 2. The molecule has 0 aliphatic carbocycles. The summed E-state index contributed by atoms with van der Waals surface area (Å²) < 4.78 is 10.1. The maximum atomic E-state index is 5.05. The molecule has 0 fully saturated rings. The van der Waals surface area contributed by atoms with E-state index in [0.29, 0.717) is 23.1 Å². The Labute approximate surface area is 78.2 Å². The first-order valence-electron chi connectivity index (χ1n) is 3.20. The highest BCUT2D eigenvalue weighted by Crippen LogP contribution is 2.19. The Morgan fingerprint density at radius 3 is 2.83 bits per heavy atom. The average molecular weight is 200 g/mol. The van der Waals surface area contributed by atoms with Crippen LogP contribution in [0.15, 0.2) is 10.5 Å². The number of H-pyrrole nitrogens is 1. The molecule has 6 heteroatoms. The molecule has 1 N–H and O–H groups in total. The Bertz CT molecular complexity index is 404. The molecule has 0 bridgehead atoms. The zero-order valence-corrected chi connectivity index (χ0v) is 7.50. The Morgan fingerprint density at radius 2 is 2.33 bits per heavy atom. The standard InChI is InChI=1S/C6H4N2O2S2/c11-5-3(1-2-9-5)4-7-8-6(12)10-4/h1H,2H2,(H,8,12). The van der Waals surface area contributed by atoms with E-state index in [9.17, 15) is 0 Å². The largest absolute Gasteiger partial charge is 0.478 e. The smallest absolute Gasteiger partial charge is 0.284 e. The van der Waals surface area contributed by atoms with Crippen molar-refractivity contribution in [1.29, 1.82) is 0 Å². The fraction of sp³-hybridized carbons (Fsp3) is 0.167. The highest BCUT2D eigenvalue weighted by Gasteiger charge is 2.18. The number of aromatic amines is 1. The van der Waals surface area contributed by atoms with E-state index in [1.807, 2.05) is 0 Å². The molecule has 12 heavy (non-hydrogen) atoms. The minimum Gasteiger partial charge on any atom is -0.478 e. The lowest BCUT2D eigenvalue weighted by atomic mass is 10.3. The number of rotatable bonds is 1. The molecule has 0 spiro atoms. The molecule has 2 rings (SSSR count). The lowest BCUT2D eigenvalue weighted by Gasteiger charge is -1.93. The molecule has 0 atom stereocenters. The summed E-state index contributed by atoms with van der Waals surface area (Å²) in [7, 11) is 0. The maximum absolute atomic E-state index is 5.05. The number of hydrogen-bond donors (Lipinski definition) is 1. The first-order chi connectivity index (χ1) is 5.77. The monoisotopic (exact) mass is 200 g/mol. The Morgan fingerprint density at radius 1 is 1.50 bits per heavy atom. The first kappa shape index (κ1) is 7.63. The average Bonchev–Trinajstić information content (AvgIpc) is 2.58. The van der Waals surface area contributed by atoms with Gasteiger partial charge in [0, 0.05) is 0 Å². The van der Waals surface area contributed by atoms with Crippen LogP contribution in [0.25, 0.3) is 5.57 Å². The maximum Gasteiger partial charge on any atom is 0.284 e. The molecule has 0 radical (unpaired) electrons. The third kappa shape index (κ3) is 1.19. The van der Waals surface area contributed by atoms with Gasteiger partial charge in [-0.2, -0.15) is 0 Å². The van der Waals surface area contributed by atoms with Crippen LogP contribution in [-0.2, 0) is 4.74 Å². The minimum atomic E-state index is 0.237. The Kier molecular flexibility index (Phi) is 1.78. The van der Waals surface area contributed by atoms with E-state index in [1.165, 1.54) is 0 Å². The fourth-order valence-corrected chi connectivity index (χ4v) is 1.24. The van der Waals surface area contributed by atoms with Crippen LogP contribution in [0.2, 0.25) is 0 Å². The number of nitrogens with one attached hydrogen (secondary N) is 1. The SMILES string of the molecule is S=C1OCC=C1c1n[nH]c(=S)o1. The van der Waals surface area contributed by atoms with Crippen molar-refractivity contribution in [2.24, 2.45) is 0 Å². The molecule has 2 heterocycles. The Hall–Kier alpha value is -1.01. The van der Waals surface area contributed by atoms with Crippen LogP contribution in [0.4, 0.5) is 0 Å². The van der Waals surface area contributed by atoms with Crippen LogP contribution in [0, 0.1) is 4.84 Å². The van der Waals surface area contributed by atoms with E-state index in [1.54, 1.807) is 6.08 Å². The number of ether oxygens (including phenoxy) is 1. The molecule has 1 aliphatic heterocycles. The quantitative estimate of drug-likeness (QED) is 0.696. The van der Waals surface area contributed by atoms with Crippen molar-refractivity contribution in [3.63, 3.8) is 0 Å². The third-order valence-electron chi connectivity index (χ3n) is 1.39. The van der Waals surface area contributed by atoms with Crippen molar-refractivity contribution in [3.8, 4) is 0 Å². The summed E-state index contributed by atoms with van der Waals surface area (Å²) in [5.41, 5.74) is 0.692. The van der Waals surface area contributed by atoms with Crippen LogP contribution >= 0.6 is 24.4 Å². The minimum absolute atomic E-state index is 0.237. The third-order valence-corrected chi connectivity index (χ3v) is 1.90. The van der Waals surface area contributed by atoms with E-state index in [-0.39, 0.29) is 4.84 Å². The van der Waals surface area contributed by atoms with Crippen molar-refractivity contribution in [3.05, 3.63) is 16.8 Å². The summed E-state index contributed by atoms with van der Waals surface area (Å²) >= 11 is 9.60. The van der Waals surface area contributed by atoms with Gasteiger partial charge < -0.3 is 9.15 Å². The van der Waals surface area contributed by atoms with Crippen molar-refractivity contribution >= 4 is 35.1 Å². The van der Waals surface area contributed by atoms with Gasteiger partial charge in [0.1, 0.15) is 6.61 Å². The molecular weight excluding hydrogens is 196 g/mol. The lowest BCUT2D eigenvalue weighted by Crippen LogP contribution is -1.95. The fourth-order valence-electron chi connectivity index (χ4n) is 0.881. The van der Waals surface area contributed by atoms with E-state index in [4.69, 9.17) is 33.6 Å². The lowest BCUT2D eigenvalue weighted by molar-refractivity contribution is 0.376. The van der Waals surface area contributed by atoms with Gasteiger partial charge in [-0.05, 0) is 30.5 Å². The van der Waals surface area contributed by atoms with Gasteiger partial charge in [-0.15, -0.1) is 5.10 Å². The molecule has 0 saturated heterocycles. The van der Waals surface area contributed by atoms with Crippen molar-refractivity contribution < 1.29 is 9.15 Å². The Balaban J connectivity index is 2.43. The van der Waals surface area contributed by atoms with Crippen LogP contribution < -0.4 is 0 Å². The highest BCUT2D eigenvalue weighted by atomic mass is 32.1. The van der Waals surface area contributed by atoms with Gasteiger partial charge in [0.15, 0.2) is 5.05 Å². The molecule has 62 valence electrons. The van der Waals surface area contributed by atoms with Gasteiger partial charge >= 0.3 is 0 Å². The number of thiocarbonyl (C=S) groups is 1. The van der Waals surface area contributed by atoms with E-state index in [0.717, 1.165) is 0 Å². The summed E-state index contributed by atoms with van der Waals surface area (Å²) in [6.45, 7) is 0.476. The summed E-state index contributed by atoms with van der Waals surface area (Å²) in [5, 5.41) is 6.73. The van der Waals surface area contributed by atoms with Crippen molar-refractivity contribution in [1.82, 2.24) is 10.2 Å². The zero-order valence-electron chi connectivity index (χ0n) is 5.86. The molecule has 0 amide bonds.